The molecule has 2 aromatic rings. The number of fused-ring (bicyclic) bond motifs is 1. The molecule has 0 unspecified atom stereocenters. The summed E-state index contributed by atoms with van der Waals surface area (Å²) in [5, 5.41) is 0. The van der Waals surface area contributed by atoms with Gasteiger partial charge in [-0.25, -0.2) is 18.1 Å². The van der Waals surface area contributed by atoms with Crippen LogP contribution in [0.25, 0.3) is 0 Å². The zero-order chi connectivity index (χ0) is 20.4. The van der Waals surface area contributed by atoms with E-state index in [2.05, 4.69) is 9.71 Å². The number of carbonyl (C=O) groups excluding carboxylic acids is 1. The minimum Gasteiger partial charge on any atom is -0.474 e. The number of amides is 1. The van der Waals surface area contributed by atoms with Crippen LogP contribution in [0.5, 0.6) is 5.88 Å². The van der Waals surface area contributed by atoms with Gasteiger partial charge in [0.1, 0.15) is 6.10 Å². The van der Waals surface area contributed by atoms with Crippen LogP contribution < -0.4 is 14.4 Å². The van der Waals surface area contributed by atoms with Crippen LogP contribution in [-0.2, 0) is 27.8 Å². The van der Waals surface area contributed by atoms with Crippen LogP contribution in [0.1, 0.15) is 43.7 Å². The molecular weight excluding hydrogens is 390 g/mol. The highest BCUT2D eigenvalue weighted by molar-refractivity contribution is 7.89. The van der Waals surface area contributed by atoms with E-state index in [1.165, 1.54) is 19.8 Å². The van der Waals surface area contributed by atoms with E-state index >= 15 is 0 Å². The van der Waals surface area contributed by atoms with Crippen LogP contribution >= 0.6 is 0 Å². The summed E-state index contributed by atoms with van der Waals surface area (Å²) in [6, 6.07) is 8.47. The first-order valence-corrected chi connectivity index (χ1v) is 11.4. The molecule has 0 bridgehead atoms. The summed E-state index contributed by atoms with van der Waals surface area (Å²) in [5.41, 5.74) is 2.46. The van der Waals surface area contributed by atoms with Crippen LogP contribution in [0.3, 0.4) is 0 Å². The number of carbonyl (C=O) groups is 1. The summed E-state index contributed by atoms with van der Waals surface area (Å²) in [4.78, 5) is 17.8. The summed E-state index contributed by atoms with van der Waals surface area (Å²) in [6.45, 7) is 2.26. The van der Waals surface area contributed by atoms with Crippen molar-refractivity contribution in [1.29, 1.82) is 0 Å². The third kappa shape index (κ3) is 4.43. The van der Waals surface area contributed by atoms with E-state index in [0.717, 1.165) is 29.7 Å². The van der Waals surface area contributed by atoms with Gasteiger partial charge in [0.2, 0.25) is 21.8 Å². The van der Waals surface area contributed by atoms with Crippen LogP contribution in [0.2, 0.25) is 0 Å². The fourth-order valence-electron chi connectivity index (χ4n) is 3.94. The second kappa shape index (κ2) is 8.12. The monoisotopic (exact) mass is 415 g/mol. The van der Waals surface area contributed by atoms with Crippen molar-refractivity contribution in [2.45, 2.75) is 56.6 Å². The minimum absolute atomic E-state index is 0.0363. The van der Waals surface area contributed by atoms with Gasteiger partial charge in [-0.1, -0.05) is 0 Å². The van der Waals surface area contributed by atoms with Crippen molar-refractivity contribution < 1.29 is 17.9 Å². The number of sulfonamides is 1. The zero-order valence-corrected chi connectivity index (χ0v) is 17.2. The predicted octanol–water partition coefficient (Wildman–Crippen LogP) is 2.79. The van der Waals surface area contributed by atoms with Gasteiger partial charge in [-0.15, -0.1) is 0 Å². The highest BCUT2D eigenvalue weighted by atomic mass is 32.2. The van der Waals surface area contributed by atoms with Gasteiger partial charge in [0.15, 0.2) is 0 Å². The smallest absolute Gasteiger partial charge is 0.240 e. The molecule has 0 spiro atoms. The van der Waals surface area contributed by atoms with Gasteiger partial charge in [0.05, 0.1) is 4.90 Å². The van der Waals surface area contributed by atoms with Gasteiger partial charge in [0, 0.05) is 38.0 Å². The SMILES string of the molecule is CC(=O)N1CCc2cc(S(=O)(=O)NCc3ccnc(OC4CCCC4)c3)ccc21. The first-order chi connectivity index (χ1) is 13.9. The molecular formula is C21H25N3O4S. The molecule has 0 radical (unpaired) electrons. The topological polar surface area (TPSA) is 88.6 Å². The van der Waals surface area contributed by atoms with Gasteiger partial charge >= 0.3 is 0 Å². The third-order valence-corrected chi connectivity index (χ3v) is 6.89. The Morgan fingerprint density at radius 2 is 2.03 bits per heavy atom. The van der Waals surface area contributed by atoms with E-state index in [1.807, 2.05) is 0 Å². The average molecular weight is 416 g/mol. The minimum atomic E-state index is -3.67. The Balaban J connectivity index is 1.44. The molecule has 1 aliphatic carbocycles. The molecule has 154 valence electrons. The van der Waals surface area contributed by atoms with Crippen molar-refractivity contribution in [3.05, 3.63) is 47.7 Å². The van der Waals surface area contributed by atoms with E-state index in [4.69, 9.17) is 4.74 Å². The molecule has 1 aromatic heterocycles. The second-order valence-electron chi connectivity index (χ2n) is 7.56. The number of nitrogens with zero attached hydrogens (tertiary/aromatic N) is 2. The maximum Gasteiger partial charge on any atom is 0.240 e. The molecule has 2 aliphatic rings. The molecule has 1 N–H and O–H groups in total. The number of pyridine rings is 1. The number of hydrogen-bond acceptors (Lipinski definition) is 5. The average Bonchev–Trinajstić information content (AvgIpc) is 3.36. The summed E-state index contributed by atoms with van der Waals surface area (Å²) < 4.78 is 34.0. The molecule has 1 fully saturated rings. The number of ether oxygens (including phenoxy) is 1. The van der Waals surface area contributed by atoms with Crippen molar-refractivity contribution >= 4 is 21.6 Å². The molecule has 2 heterocycles. The van der Waals surface area contributed by atoms with E-state index in [-0.39, 0.29) is 23.5 Å². The maximum absolute atomic E-state index is 12.7. The number of hydrogen-bond donors (Lipinski definition) is 1. The van der Waals surface area contributed by atoms with Crippen LogP contribution in [-0.4, -0.2) is 32.0 Å². The molecule has 29 heavy (non-hydrogen) atoms. The largest absolute Gasteiger partial charge is 0.474 e. The Hall–Kier alpha value is -2.45. The lowest BCUT2D eigenvalue weighted by Crippen LogP contribution is -2.26. The lowest BCUT2D eigenvalue weighted by molar-refractivity contribution is -0.116. The number of nitrogens with one attached hydrogen (secondary N) is 1. The van der Waals surface area contributed by atoms with Crippen LogP contribution in [0.4, 0.5) is 5.69 Å². The second-order valence-corrected chi connectivity index (χ2v) is 9.33. The summed E-state index contributed by atoms with van der Waals surface area (Å²) in [5.74, 6) is 0.501. The van der Waals surface area contributed by atoms with Crippen molar-refractivity contribution in [3.8, 4) is 5.88 Å². The molecule has 7 nitrogen and oxygen atoms in total. The van der Waals surface area contributed by atoms with Crippen molar-refractivity contribution in [1.82, 2.24) is 9.71 Å². The molecule has 0 saturated heterocycles. The Labute approximate surface area is 171 Å². The lowest BCUT2D eigenvalue weighted by Gasteiger charge is -2.15. The number of aromatic nitrogens is 1. The van der Waals surface area contributed by atoms with E-state index in [1.54, 1.807) is 41.4 Å². The third-order valence-electron chi connectivity index (χ3n) is 5.49. The van der Waals surface area contributed by atoms with Gasteiger partial charge in [0.25, 0.3) is 0 Å². The molecule has 8 heteroatoms. The lowest BCUT2D eigenvalue weighted by atomic mass is 10.2. The molecule has 0 atom stereocenters. The van der Waals surface area contributed by atoms with Gasteiger partial charge < -0.3 is 9.64 Å². The fraction of sp³-hybridized carbons (Fsp3) is 0.429. The first kappa shape index (κ1) is 19.8. The molecule has 1 aliphatic heterocycles. The van der Waals surface area contributed by atoms with Crippen molar-refractivity contribution in [3.63, 3.8) is 0 Å². The molecule has 1 aromatic carbocycles. The normalized spacial score (nSPS) is 16.8. The summed E-state index contributed by atoms with van der Waals surface area (Å²) in [6.07, 6.45) is 6.93. The molecule has 4 rings (SSSR count). The Morgan fingerprint density at radius 1 is 1.24 bits per heavy atom. The zero-order valence-electron chi connectivity index (χ0n) is 16.4. The molecule has 1 amide bonds. The molecule has 1 saturated carbocycles. The number of rotatable bonds is 6. The van der Waals surface area contributed by atoms with Crippen molar-refractivity contribution in [2.24, 2.45) is 0 Å². The van der Waals surface area contributed by atoms with E-state index in [9.17, 15) is 13.2 Å². The number of benzene rings is 1. The standard InChI is InChI=1S/C21H25N3O4S/c1-15(25)24-11-9-17-13-19(6-7-20(17)24)29(26,27)23-14-16-8-10-22-21(12-16)28-18-4-2-3-5-18/h6-8,10,12-13,18,23H,2-5,9,11,14H2,1H3. The highest BCUT2D eigenvalue weighted by Crippen LogP contribution is 2.30. The van der Waals surface area contributed by atoms with Gasteiger partial charge in [-0.05, 0) is 67.5 Å². The Bertz CT molecular complexity index is 1020. The van der Waals surface area contributed by atoms with Crippen LogP contribution in [0, 0.1) is 0 Å². The fourth-order valence-corrected chi connectivity index (χ4v) is 5.00. The van der Waals surface area contributed by atoms with Crippen molar-refractivity contribution in [2.75, 3.05) is 11.4 Å². The quantitative estimate of drug-likeness (QED) is 0.784. The van der Waals surface area contributed by atoms with E-state index < -0.39 is 10.0 Å². The Kier molecular flexibility index (Phi) is 5.56. The highest BCUT2D eigenvalue weighted by Gasteiger charge is 2.25. The first-order valence-electron chi connectivity index (χ1n) is 9.95. The van der Waals surface area contributed by atoms with Gasteiger partial charge in [-0.3, -0.25) is 4.79 Å². The maximum atomic E-state index is 12.7. The van der Waals surface area contributed by atoms with E-state index in [0.29, 0.717) is 18.8 Å². The predicted molar refractivity (Wildman–Crippen MR) is 109 cm³/mol. The summed E-state index contributed by atoms with van der Waals surface area (Å²) in [7, 11) is -3.67. The summed E-state index contributed by atoms with van der Waals surface area (Å²) >= 11 is 0. The van der Waals surface area contributed by atoms with Gasteiger partial charge in [-0.2, -0.15) is 0 Å². The Morgan fingerprint density at radius 3 is 2.79 bits per heavy atom. The number of anilines is 1. The van der Waals surface area contributed by atoms with Crippen LogP contribution in [0.15, 0.2) is 41.4 Å².